The Kier molecular flexibility index (Phi) is 3.43. The monoisotopic (exact) mass is 246 g/mol. The molecule has 0 aromatic carbocycles. The Bertz CT molecular complexity index is 330. The Morgan fingerprint density at radius 1 is 1.53 bits per heavy atom. The van der Waals surface area contributed by atoms with Crippen LogP contribution in [0.2, 0.25) is 5.15 Å². The van der Waals surface area contributed by atoms with E-state index < -0.39 is 0 Å². The summed E-state index contributed by atoms with van der Waals surface area (Å²) in [5.41, 5.74) is 0. The molecule has 15 heavy (non-hydrogen) atoms. The molecule has 0 amide bonds. The van der Waals surface area contributed by atoms with Gasteiger partial charge < -0.3 is 10.2 Å². The molecule has 1 aromatic rings. The first kappa shape index (κ1) is 11.1. The number of rotatable bonds is 2. The minimum atomic E-state index is 0.461. The van der Waals surface area contributed by atoms with E-state index in [-0.39, 0.29) is 0 Å². The third-order valence-electron chi connectivity index (χ3n) is 2.88. The summed E-state index contributed by atoms with van der Waals surface area (Å²) in [4.78, 5) is 2.35. The van der Waals surface area contributed by atoms with Gasteiger partial charge in [0, 0.05) is 12.6 Å². The Labute approximate surface area is 99.0 Å². The maximum absolute atomic E-state index is 5.90. The predicted molar refractivity (Wildman–Crippen MR) is 63.6 cm³/mol. The van der Waals surface area contributed by atoms with Crippen molar-refractivity contribution in [1.29, 1.82) is 0 Å². The van der Waals surface area contributed by atoms with E-state index in [1.165, 1.54) is 0 Å². The quantitative estimate of drug-likeness (QED) is 0.866. The molecule has 2 atom stereocenters. The van der Waals surface area contributed by atoms with E-state index in [2.05, 4.69) is 32.9 Å². The average molecular weight is 247 g/mol. The van der Waals surface area contributed by atoms with Gasteiger partial charge in [-0.05, 0) is 25.9 Å². The van der Waals surface area contributed by atoms with Gasteiger partial charge in [-0.1, -0.05) is 18.5 Å². The highest BCUT2D eigenvalue weighted by molar-refractivity contribution is 6.99. The highest BCUT2D eigenvalue weighted by Crippen LogP contribution is 2.24. The summed E-state index contributed by atoms with van der Waals surface area (Å²) in [5.74, 6) is 1.35. The fourth-order valence-corrected chi connectivity index (χ4v) is 2.67. The molecule has 6 heteroatoms. The van der Waals surface area contributed by atoms with Gasteiger partial charge in [-0.2, -0.15) is 8.75 Å². The molecule has 2 unspecified atom stereocenters. The van der Waals surface area contributed by atoms with E-state index in [4.69, 9.17) is 11.6 Å². The zero-order valence-corrected chi connectivity index (χ0v) is 10.5. The van der Waals surface area contributed by atoms with Crippen LogP contribution in [0.5, 0.6) is 0 Å². The van der Waals surface area contributed by atoms with Crippen molar-refractivity contribution >= 4 is 29.1 Å². The van der Waals surface area contributed by atoms with Crippen molar-refractivity contribution in [3.05, 3.63) is 5.15 Å². The van der Waals surface area contributed by atoms with Crippen molar-refractivity contribution in [3.8, 4) is 0 Å². The Morgan fingerprint density at radius 2 is 2.33 bits per heavy atom. The number of hydrogen-bond donors (Lipinski definition) is 1. The molecule has 2 heterocycles. The van der Waals surface area contributed by atoms with E-state index in [9.17, 15) is 0 Å². The van der Waals surface area contributed by atoms with Gasteiger partial charge >= 0.3 is 0 Å². The first-order chi connectivity index (χ1) is 7.16. The van der Waals surface area contributed by atoms with Gasteiger partial charge in [0.2, 0.25) is 0 Å². The lowest BCUT2D eigenvalue weighted by molar-refractivity contribution is 0.206. The third kappa shape index (κ3) is 2.59. The van der Waals surface area contributed by atoms with Crippen LogP contribution in [0.1, 0.15) is 13.3 Å². The number of hydrogen-bond acceptors (Lipinski definition) is 5. The molecule has 4 nitrogen and oxygen atoms in total. The van der Waals surface area contributed by atoms with Gasteiger partial charge in [0.05, 0.1) is 11.7 Å². The smallest absolute Gasteiger partial charge is 0.186 e. The van der Waals surface area contributed by atoms with Crippen molar-refractivity contribution < 1.29 is 0 Å². The van der Waals surface area contributed by atoms with Crippen molar-refractivity contribution in [3.63, 3.8) is 0 Å². The molecule has 84 valence electrons. The fourth-order valence-electron chi connectivity index (χ4n) is 2.01. The largest absolute Gasteiger partial charge is 0.364 e. The van der Waals surface area contributed by atoms with Gasteiger partial charge in [-0.25, -0.2) is 0 Å². The highest BCUT2D eigenvalue weighted by Gasteiger charge is 2.25. The minimum absolute atomic E-state index is 0.461. The second kappa shape index (κ2) is 4.63. The highest BCUT2D eigenvalue weighted by atomic mass is 35.5. The van der Waals surface area contributed by atoms with Crippen LogP contribution in [0.4, 0.5) is 5.82 Å². The lowest BCUT2D eigenvalue weighted by Crippen LogP contribution is -2.43. The molecule has 1 aliphatic heterocycles. The van der Waals surface area contributed by atoms with Gasteiger partial charge in [-0.3, -0.25) is 0 Å². The molecule has 2 rings (SSSR count). The molecule has 0 radical (unpaired) electrons. The molecule has 1 aliphatic rings. The average Bonchev–Trinajstić information content (AvgIpc) is 2.57. The maximum Gasteiger partial charge on any atom is 0.186 e. The Morgan fingerprint density at radius 3 is 2.93 bits per heavy atom. The van der Waals surface area contributed by atoms with E-state index in [1.54, 1.807) is 0 Å². The Balaban J connectivity index is 1.98. The van der Waals surface area contributed by atoms with Gasteiger partial charge in [0.15, 0.2) is 11.0 Å². The summed E-state index contributed by atoms with van der Waals surface area (Å²) in [6.45, 7) is 4.49. The van der Waals surface area contributed by atoms with E-state index in [0.717, 1.165) is 37.1 Å². The molecular formula is C9H15ClN4S. The molecule has 1 N–H and O–H groups in total. The van der Waals surface area contributed by atoms with Gasteiger partial charge in [0.1, 0.15) is 0 Å². The zero-order valence-electron chi connectivity index (χ0n) is 8.90. The molecule has 1 fully saturated rings. The van der Waals surface area contributed by atoms with E-state index in [0.29, 0.717) is 17.1 Å². The normalized spacial score (nSPS) is 27.9. The summed E-state index contributed by atoms with van der Waals surface area (Å²) in [5, 5.41) is 3.87. The lowest BCUT2D eigenvalue weighted by atomic mass is 9.94. The van der Waals surface area contributed by atoms with Crippen LogP contribution in [0.15, 0.2) is 0 Å². The van der Waals surface area contributed by atoms with Crippen molar-refractivity contribution in [1.82, 2.24) is 13.6 Å². The van der Waals surface area contributed by atoms with Crippen LogP contribution < -0.4 is 5.32 Å². The second-order valence-corrected chi connectivity index (χ2v) is 5.07. The topological polar surface area (TPSA) is 41.0 Å². The summed E-state index contributed by atoms with van der Waals surface area (Å²) in [6.07, 6.45) is 1.13. The number of halogens is 1. The second-order valence-electron chi connectivity index (χ2n) is 4.18. The van der Waals surface area contributed by atoms with Crippen molar-refractivity contribution in [2.45, 2.75) is 19.4 Å². The van der Waals surface area contributed by atoms with Gasteiger partial charge in [-0.15, -0.1) is 0 Å². The zero-order chi connectivity index (χ0) is 10.8. The standard InChI is InChI=1S/C9H15ClN4S/c1-6-5-14(2)4-3-7(6)11-9-8(10)12-15-13-9/h6-7H,3-5H2,1-2H3,(H,11,13). The molecule has 1 saturated heterocycles. The molecule has 0 bridgehead atoms. The molecular weight excluding hydrogens is 232 g/mol. The summed E-state index contributed by atoms with van der Waals surface area (Å²) >= 11 is 7.05. The number of anilines is 1. The van der Waals surface area contributed by atoms with Gasteiger partial charge in [0.25, 0.3) is 0 Å². The predicted octanol–water partition coefficient (Wildman–Crippen LogP) is 1.94. The first-order valence-electron chi connectivity index (χ1n) is 5.10. The molecule has 1 aromatic heterocycles. The summed E-state index contributed by atoms with van der Waals surface area (Å²) < 4.78 is 8.08. The maximum atomic E-state index is 5.90. The number of nitrogens with one attached hydrogen (secondary N) is 1. The SMILES string of the molecule is CC1CN(C)CCC1Nc1nsnc1Cl. The molecule has 0 saturated carbocycles. The lowest BCUT2D eigenvalue weighted by Gasteiger charge is -2.35. The molecule has 0 aliphatic carbocycles. The van der Waals surface area contributed by atoms with Crippen LogP contribution in [0, 0.1) is 5.92 Å². The number of piperidine rings is 1. The molecule has 0 spiro atoms. The third-order valence-corrected chi connectivity index (χ3v) is 3.77. The fraction of sp³-hybridized carbons (Fsp3) is 0.778. The summed E-state index contributed by atoms with van der Waals surface area (Å²) in [7, 11) is 2.16. The van der Waals surface area contributed by atoms with Crippen LogP contribution in [0.3, 0.4) is 0 Å². The number of likely N-dealkylation sites (tertiary alicyclic amines) is 1. The first-order valence-corrected chi connectivity index (χ1v) is 6.21. The van der Waals surface area contributed by atoms with Crippen molar-refractivity contribution in [2.75, 3.05) is 25.5 Å². The van der Waals surface area contributed by atoms with Crippen molar-refractivity contribution in [2.24, 2.45) is 5.92 Å². The van der Waals surface area contributed by atoms with Crippen LogP contribution >= 0.6 is 23.3 Å². The minimum Gasteiger partial charge on any atom is -0.364 e. The summed E-state index contributed by atoms with van der Waals surface area (Å²) in [6, 6.07) is 0.461. The van der Waals surface area contributed by atoms with E-state index >= 15 is 0 Å². The number of aromatic nitrogens is 2. The van der Waals surface area contributed by atoms with Crippen LogP contribution in [-0.2, 0) is 0 Å². The van der Waals surface area contributed by atoms with E-state index in [1.807, 2.05) is 0 Å². The van der Waals surface area contributed by atoms with Crippen LogP contribution in [-0.4, -0.2) is 39.8 Å². The Hall–Kier alpha value is -0.390. The van der Waals surface area contributed by atoms with Crippen LogP contribution in [0.25, 0.3) is 0 Å². The number of nitrogens with zero attached hydrogens (tertiary/aromatic N) is 3.